The normalized spacial score (nSPS) is 14.3. The van der Waals surface area contributed by atoms with Gasteiger partial charge in [0.25, 0.3) is 0 Å². The van der Waals surface area contributed by atoms with E-state index in [1.165, 1.54) is 0 Å². The van der Waals surface area contributed by atoms with E-state index in [1.54, 1.807) is 7.11 Å². The number of rotatable bonds is 9. The maximum absolute atomic E-state index is 11.5. The number of carboxylic acids is 1. The number of carbonyl (C=O) groups excluding carboxylic acids is 1. The number of carbonyl (C=O) groups is 2. The molecular weight excluding hydrogens is 234 g/mol. The van der Waals surface area contributed by atoms with Gasteiger partial charge in [-0.25, -0.2) is 0 Å². The summed E-state index contributed by atoms with van der Waals surface area (Å²) in [5.41, 5.74) is 0. The molecule has 0 radical (unpaired) electrons. The fourth-order valence-corrected chi connectivity index (χ4v) is 1.62. The van der Waals surface area contributed by atoms with Crippen LogP contribution in [0.1, 0.15) is 40.0 Å². The van der Waals surface area contributed by atoms with E-state index in [1.807, 2.05) is 20.8 Å². The third-order valence-electron chi connectivity index (χ3n) is 2.83. The topological polar surface area (TPSA) is 75.6 Å². The van der Waals surface area contributed by atoms with Crippen molar-refractivity contribution in [2.24, 2.45) is 11.8 Å². The van der Waals surface area contributed by atoms with E-state index in [4.69, 9.17) is 9.84 Å². The molecule has 2 unspecified atom stereocenters. The SMILES string of the molecule is COC(C)CCC(=O)NCC(CC(C)C)C(=O)O. The number of hydrogen-bond acceptors (Lipinski definition) is 3. The first-order chi connectivity index (χ1) is 8.36. The van der Waals surface area contributed by atoms with E-state index in [2.05, 4.69) is 5.32 Å². The molecule has 0 spiro atoms. The van der Waals surface area contributed by atoms with Crippen LogP contribution in [0.15, 0.2) is 0 Å². The molecule has 1 amide bonds. The average Bonchev–Trinajstić information content (AvgIpc) is 2.30. The van der Waals surface area contributed by atoms with Gasteiger partial charge in [0.15, 0.2) is 0 Å². The van der Waals surface area contributed by atoms with Crippen LogP contribution in [0, 0.1) is 11.8 Å². The number of hydrogen-bond donors (Lipinski definition) is 2. The van der Waals surface area contributed by atoms with Crippen molar-refractivity contribution in [2.75, 3.05) is 13.7 Å². The molecule has 2 atom stereocenters. The maximum Gasteiger partial charge on any atom is 0.308 e. The molecule has 18 heavy (non-hydrogen) atoms. The summed E-state index contributed by atoms with van der Waals surface area (Å²) in [5.74, 6) is -1.17. The van der Waals surface area contributed by atoms with Gasteiger partial charge in [-0.3, -0.25) is 9.59 Å². The first-order valence-electron chi connectivity index (χ1n) is 6.39. The third kappa shape index (κ3) is 8.06. The first kappa shape index (κ1) is 16.9. The Kier molecular flexibility index (Phi) is 8.37. The summed E-state index contributed by atoms with van der Waals surface area (Å²) in [6.07, 6.45) is 1.62. The van der Waals surface area contributed by atoms with Crippen LogP contribution in [-0.4, -0.2) is 36.7 Å². The number of nitrogens with one attached hydrogen (secondary N) is 1. The standard InChI is InChI=1S/C13H25NO4/c1-9(2)7-11(13(16)17)8-14-12(15)6-5-10(3)18-4/h9-11H,5-8H2,1-4H3,(H,14,15)(H,16,17). The van der Waals surface area contributed by atoms with Crippen molar-refractivity contribution in [3.05, 3.63) is 0 Å². The molecule has 0 heterocycles. The van der Waals surface area contributed by atoms with Gasteiger partial charge in [0.2, 0.25) is 5.91 Å². The van der Waals surface area contributed by atoms with Gasteiger partial charge in [-0.05, 0) is 25.7 Å². The number of carboxylic acid groups (broad SMARTS) is 1. The van der Waals surface area contributed by atoms with Gasteiger partial charge in [-0.2, -0.15) is 0 Å². The van der Waals surface area contributed by atoms with Crippen molar-refractivity contribution in [1.82, 2.24) is 5.32 Å². The molecule has 0 aliphatic rings. The molecule has 0 aliphatic heterocycles. The number of ether oxygens (including phenoxy) is 1. The van der Waals surface area contributed by atoms with Crippen LogP contribution in [-0.2, 0) is 14.3 Å². The van der Waals surface area contributed by atoms with Gasteiger partial charge < -0.3 is 15.2 Å². The number of aliphatic carboxylic acids is 1. The summed E-state index contributed by atoms with van der Waals surface area (Å²) >= 11 is 0. The second kappa shape index (κ2) is 8.91. The average molecular weight is 259 g/mol. The Balaban J connectivity index is 3.96. The summed E-state index contributed by atoms with van der Waals surface area (Å²) in [5, 5.41) is 11.7. The molecule has 0 saturated heterocycles. The van der Waals surface area contributed by atoms with Crippen molar-refractivity contribution in [2.45, 2.75) is 46.1 Å². The monoisotopic (exact) mass is 259 g/mol. The van der Waals surface area contributed by atoms with Crippen LogP contribution in [0.5, 0.6) is 0 Å². The van der Waals surface area contributed by atoms with E-state index in [0.717, 1.165) is 0 Å². The zero-order chi connectivity index (χ0) is 14.1. The van der Waals surface area contributed by atoms with Crippen LogP contribution < -0.4 is 5.32 Å². The molecule has 106 valence electrons. The van der Waals surface area contributed by atoms with Crippen molar-refractivity contribution in [3.63, 3.8) is 0 Å². The summed E-state index contributed by atoms with van der Waals surface area (Å²) in [6, 6.07) is 0. The molecule has 0 fully saturated rings. The van der Waals surface area contributed by atoms with Crippen molar-refractivity contribution < 1.29 is 19.4 Å². The number of methoxy groups -OCH3 is 1. The van der Waals surface area contributed by atoms with Gasteiger partial charge in [0.05, 0.1) is 12.0 Å². The van der Waals surface area contributed by atoms with Gasteiger partial charge in [-0.15, -0.1) is 0 Å². The minimum atomic E-state index is -0.853. The summed E-state index contributed by atoms with van der Waals surface area (Å²) < 4.78 is 5.04. The van der Waals surface area contributed by atoms with Gasteiger partial charge in [0, 0.05) is 20.1 Å². The zero-order valence-electron chi connectivity index (χ0n) is 11.7. The zero-order valence-corrected chi connectivity index (χ0v) is 11.7. The maximum atomic E-state index is 11.5. The lowest BCUT2D eigenvalue weighted by Crippen LogP contribution is -2.33. The van der Waals surface area contributed by atoms with Gasteiger partial charge in [0.1, 0.15) is 0 Å². The Morgan fingerprint density at radius 1 is 1.28 bits per heavy atom. The van der Waals surface area contributed by atoms with E-state index < -0.39 is 11.9 Å². The molecule has 2 N–H and O–H groups in total. The molecule has 0 aromatic rings. The largest absolute Gasteiger partial charge is 0.481 e. The van der Waals surface area contributed by atoms with Crippen molar-refractivity contribution in [1.29, 1.82) is 0 Å². The predicted molar refractivity (Wildman–Crippen MR) is 69.3 cm³/mol. The second-order valence-electron chi connectivity index (χ2n) is 5.05. The fourth-order valence-electron chi connectivity index (χ4n) is 1.62. The van der Waals surface area contributed by atoms with Gasteiger partial charge in [-0.1, -0.05) is 13.8 Å². The van der Waals surface area contributed by atoms with Crippen LogP contribution in [0.3, 0.4) is 0 Å². The Labute approximate surface area is 109 Å². The molecular formula is C13H25NO4. The Morgan fingerprint density at radius 2 is 1.89 bits per heavy atom. The number of amides is 1. The minimum Gasteiger partial charge on any atom is -0.481 e. The molecule has 0 saturated carbocycles. The Morgan fingerprint density at radius 3 is 2.33 bits per heavy atom. The highest BCUT2D eigenvalue weighted by Gasteiger charge is 2.19. The highest BCUT2D eigenvalue weighted by Crippen LogP contribution is 2.11. The van der Waals surface area contributed by atoms with Crippen LogP contribution in [0.4, 0.5) is 0 Å². The second-order valence-corrected chi connectivity index (χ2v) is 5.05. The molecule has 0 aromatic carbocycles. The molecule has 5 nitrogen and oxygen atoms in total. The lowest BCUT2D eigenvalue weighted by atomic mass is 9.97. The summed E-state index contributed by atoms with van der Waals surface area (Å²) in [4.78, 5) is 22.5. The summed E-state index contributed by atoms with van der Waals surface area (Å²) in [7, 11) is 1.60. The first-order valence-corrected chi connectivity index (χ1v) is 6.39. The highest BCUT2D eigenvalue weighted by molar-refractivity contribution is 5.77. The van der Waals surface area contributed by atoms with E-state index >= 15 is 0 Å². The molecule has 0 rings (SSSR count). The lowest BCUT2D eigenvalue weighted by Gasteiger charge is -2.15. The van der Waals surface area contributed by atoms with Crippen molar-refractivity contribution >= 4 is 11.9 Å². The lowest BCUT2D eigenvalue weighted by molar-refractivity contribution is -0.142. The molecule has 0 aliphatic carbocycles. The molecule has 5 heteroatoms. The molecule has 0 bridgehead atoms. The Bertz CT molecular complexity index is 266. The van der Waals surface area contributed by atoms with Crippen LogP contribution in [0.25, 0.3) is 0 Å². The quantitative estimate of drug-likeness (QED) is 0.660. The van der Waals surface area contributed by atoms with E-state index in [0.29, 0.717) is 25.2 Å². The van der Waals surface area contributed by atoms with Crippen molar-refractivity contribution in [3.8, 4) is 0 Å². The minimum absolute atomic E-state index is 0.0432. The molecule has 0 aromatic heterocycles. The van der Waals surface area contributed by atoms with Gasteiger partial charge >= 0.3 is 5.97 Å². The van der Waals surface area contributed by atoms with E-state index in [-0.39, 0.29) is 18.6 Å². The Hall–Kier alpha value is -1.10. The van der Waals surface area contributed by atoms with Crippen LogP contribution in [0.2, 0.25) is 0 Å². The fraction of sp³-hybridized carbons (Fsp3) is 0.846. The third-order valence-corrected chi connectivity index (χ3v) is 2.83. The summed E-state index contributed by atoms with van der Waals surface area (Å²) in [6.45, 7) is 6.04. The smallest absolute Gasteiger partial charge is 0.308 e. The highest BCUT2D eigenvalue weighted by atomic mass is 16.5. The predicted octanol–water partition coefficient (Wildman–Crippen LogP) is 1.66. The van der Waals surface area contributed by atoms with Crippen LogP contribution >= 0.6 is 0 Å². The van der Waals surface area contributed by atoms with E-state index in [9.17, 15) is 9.59 Å².